The monoisotopic (exact) mass is 234 g/mol. The predicted molar refractivity (Wildman–Crippen MR) is 78.6 cm³/mol. The van der Waals surface area contributed by atoms with Crippen molar-refractivity contribution in [1.29, 1.82) is 0 Å². The van der Waals surface area contributed by atoms with E-state index < -0.39 is 0 Å². The summed E-state index contributed by atoms with van der Waals surface area (Å²) in [6.07, 6.45) is 1.04. The first-order chi connectivity index (χ1) is 8.66. The largest absolute Gasteiger partial charge is 0.0619 e. The molecule has 0 atom stereocenters. The molecule has 3 rings (SSSR count). The van der Waals surface area contributed by atoms with E-state index in [-0.39, 0.29) is 0 Å². The topological polar surface area (TPSA) is 0 Å². The Morgan fingerprint density at radius 2 is 1.39 bits per heavy atom. The summed E-state index contributed by atoms with van der Waals surface area (Å²) in [7, 11) is 0. The van der Waals surface area contributed by atoms with E-state index in [4.69, 9.17) is 0 Å². The minimum absolute atomic E-state index is 1.04. The van der Waals surface area contributed by atoms with Crippen molar-refractivity contribution in [3.8, 4) is 0 Å². The van der Waals surface area contributed by atoms with Crippen LogP contribution in [-0.4, -0.2) is 0 Å². The molecule has 1 aliphatic rings. The number of allylic oxidation sites excluding steroid dienone is 2. The zero-order valence-corrected chi connectivity index (χ0v) is 11.2. The van der Waals surface area contributed by atoms with Gasteiger partial charge in [0, 0.05) is 0 Å². The summed E-state index contributed by atoms with van der Waals surface area (Å²) in [5.74, 6) is 0. The molecule has 0 spiro atoms. The Morgan fingerprint density at radius 3 is 2.22 bits per heavy atom. The molecule has 0 nitrogen and oxygen atoms in total. The van der Waals surface area contributed by atoms with Gasteiger partial charge < -0.3 is 0 Å². The third kappa shape index (κ3) is 1.69. The highest BCUT2D eigenvalue weighted by molar-refractivity contribution is 5.92. The molecule has 0 radical (unpaired) electrons. The van der Waals surface area contributed by atoms with Gasteiger partial charge in [0.1, 0.15) is 0 Å². The normalized spacial score (nSPS) is 13.9. The highest BCUT2D eigenvalue weighted by Gasteiger charge is 2.16. The second-order valence-electron chi connectivity index (χ2n) is 5.24. The number of hydrogen-bond acceptors (Lipinski definition) is 0. The molecule has 0 aliphatic heterocycles. The smallest absolute Gasteiger partial charge is 0.00137 e. The highest BCUT2D eigenvalue weighted by atomic mass is 14.2. The van der Waals surface area contributed by atoms with Crippen molar-refractivity contribution >= 4 is 11.1 Å². The standard InChI is InChI=1S/C18H18/c1-12-8-9-16-11-15-6-4-5-7-17(15)13(2)14(3)18(16)10-12/h4-10H,11H2,1-3H3. The first-order valence-electron chi connectivity index (χ1n) is 6.52. The molecule has 18 heavy (non-hydrogen) atoms. The molecule has 0 aromatic heterocycles. The maximum atomic E-state index is 2.32. The molecule has 0 bridgehead atoms. The van der Waals surface area contributed by atoms with Crippen molar-refractivity contribution in [2.24, 2.45) is 0 Å². The number of benzene rings is 2. The summed E-state index contributed by atoms with van der Waals surface area (Å²) >= 11 is 0. The Labute approximate surface area is 109 Å². The van der Waals surface area contributed by atoms with E-state index in [1.54, 1.807) is 0 Å². The van der Waals surface area contributed by atoms with Crippen LogP contribution < -0.4 is 0 Å². The van der Waals surface area contributed by atoms with E-state index in [2.05, 4.69) is 63.2 Å². The van der Waals surface area contributed by atoms with Gasteiger partial charge in [-0.25, -0.2) is 0 Å². The SMILES string of the molecule is CC1=C(C)c2cc(C)ccc2Cc2ccccc21. The van der Waals surface area contributed by atoms with E-state index in [0.29, 0.717) is 0 Å². The second-order valence-corrected chi connectivity index (χ2v) is 5.24. The Balaban J connectivity index is 2.32. The highest BCUT2D eigenvalue weighted by Crippen LogP contribution is 2.35. The summed E-state index contributed by atoms with van der Waals surface area (Å²) in [4.78, 5) is 0. The summed E-state index contributed by atoms with van der Waals surface area (Å²) in [6.45, 7) is 6.65. The van der Waals surface area contributed by atoms with Gasteiger partial charge in [-0.15, -0.1) is 0 Å². The molecule has 0 heteroatoms. The molecule has 0 N–H and O–H groups in total. The summed E-state index contributed by atoms with van der Waals surface area (Å²) in [5, 5.41) is 0. The lowest BCUT2D eigenvalue weighted by atomic mass is 9.96. The van der Waals surface area contributed by atoms with E-state index >= 15 is 0 Å². The molecule has 0 unspecified atom stereocenters. The van der Waals surface area contributed by atoms with Crippen molar-refractivity contribution in [2.75, 3.05) is 0 Å². The Kier molecular flexibility index (Phi) is 2.59. The lowest BCUT2D eigenvalue weighted by Crippen LogP contribution is -1.93. The van der Waals surface area contributed by atoms with Crippen molar-refractivity contribution < 1.29 is 0 Å². The number of rotatable bonds is 0. The number of fused-ring (bicyclic) bond motifs is 2. The summed E-state index contributed by atoms with van der Waals surface area (Å²) in [5.41, 5.74) is 9.88. The van der Waals surface area contributed by atoms with Crippen LogP contribution in [0.2, 0.25) is 0 Å². The number of aryl methyl sites for hydroxylation is 1. The molecule has 0 heterocycles. The zero-order chi connectivity index (χ0) is 12.7. The molecule has 0 saturated carbocycles. The summed E-state index contributed by atoms with van der Waals surface area (Å²) in [6, 6.07) is 15.6. The van der Waals surface area contributed by atoms with Crippen molar-refractivity contribution in [3.05, 3.63) is 70.3 Å². The fraction of sp³-hybridized carbons (Fsp3) is 0.222. The Morgan fingerprint density at radius 1 is 0.722 bits per heavy atom. The van der Waals surface area contributed by atoms with Crippen LogP contribution in [0.15, 0.2) is 42.5 Å². The van der Waals surface area contributed by atoms with Gasteiger partial charge in [0.15, 0.2) is 0 Å². The average Bonchev–Trinajstić information content (AvgIpc) is 2.48. The lowest BCUT2D eigenvalue weighted by Gasteiger charge is -2.09. The Bertz CT molecular complexity index is 645. The third-order valence-electron chi connectivity index (χ3n) is 4.03. The van der Waals surface area contributed by atoms with Gasteiger partial charge in [0.05, 0.1) is 0 Å². The maximum absolute atomic E-state index is 2.32. The molecular formula is C18H18. The van der Waals surface area contributed by atoms with Crippen molar-refractivity contribution in [2.45, 2.75) is 27.2 Å². The van der Waals surface area contributed by atoms with Crippen LogP contribution in [0.25, 0.3) is 11.1 Å². The molecule has 2 aromatic carbocycles. The molecule has 0 saturated heterocycles. The minimum Gasteiger partial charge on any atom is -0.0619 e. The van der Waals surface area contributed by atoms with Gasteiger partial charge in [-0.05, 0) is 60.6 Å². The second kappa shape index (κ2) is 4.13. The van der Waals surface area contributed by atoms with Crippen molar-refractivity contribution in [1.82, 2.24) is 0 Å². The van der Waals surface area contributed by atoms with E-state index in [1.165, 1.54) is 39.0 Å². The summed E-state index contributed by atoms with van der Waals surface area (Å²) < 4.78 is 0. The van der Waals surface area contributed by atoms with E-state index in [1.807, 2.05) is 0 Å². The lowest BCUT2D eigenvalue weighted by molar-refractivity contribution is 1.17. The quantitative estimate of drug-likeness (QED) is 0.611. The minimum atomic E-state index is 1.04. The van der Waals surface area contributed by atoms with Crippen LogP contribution in [0.4, 0.5) is 0 Å². The van der Waals surface area contributed by atoms with Gasteiger partial charge in [-0.3, -0.25) is 0 Å². The predicted octanol–water partition coefficient (Wildman–Crippen LogP) is 4.85. The van der Waals surface area contributed by atoms with Crippen LogP contribution in [0.1, 0.15) is 41.7 Å². The van der Waals surface area contributed by atoms with Crippen LogP contribution in [0.5, 0.6) is 0 Å². The van der Waals surface area contributed by atoms with Gasteiger partial charge in [0.2, 0.25) is 0 Å². The molecule has 2 aromatic rings. The molecule has 0 amide bonds. The fourth-order valence-electron chi connectivity index (χ4n) is 2.84. The van der Waals surface area contributed by atoms with Gasteiger partial charge >= 0.3 is 0 Å². The van der Waals surface area contributed by atoms with Gasteiger partial charge in [-0.1, -0.05) is 48.0 Å². The van der Waals surface area contributed by atoms with Gasteiger partial charge in [0.25, 0.3) is 0 Å². The van der Waals surface area contributed by atoms with Crippen LogP contribution in [-0.2, 0) is 6.42 Å². The maximum Gasteiger partial charge on any atom is -0.00137 e. The molecular weight excluding hydrogens is 216 g/mol. The molecule has 1 aliphatic carbocycles. The van der Waals surface area contributed by atoms with Crippen LogP contribution in [0.3, 0.4) is 0 Å². The van der Waals surface area contributed by atoms with Crippen LogP contribution >= 0.6 is 0 Å². The van der Waals surface area contributed by atoms with E-state index in [9.17, 15) is 0 Å². The fourth-order valence-corrected chi connectivity index (χ4v) is 2.84. The first-order valence-corrected chi connectivity index (χ1v) is 6.52. The van der Waals surface area contributed by atoms with Gasteiger partial charge in [-0.2, -0.15) is 0 Å². The average molecular weight is 234 g/mol. The van der Waals surface area contributed by atoms with E-state index in [0.717, 1.165) is 6.42 Å². The first kappa shape index (κ1) is 11.3. The Hall–Kier alpha value is -1.82. The van der Waals surface area contributed by atoms with Crippen LogP contribution in [0, 0.1) is 6.92 Å². The third-order valence-corrected chi connectivity index (χ3v) is 4.03. The molecule has 90 valence electrons. The van der Waals surface area contributed by atoms with Crippen molar-refractivity contribution in [3.63, 3.8) is 0 Å². The molecule has 0 fully saturated rings. The zero-order valence-electron chi connectivity index (χ0n) is 11.2. The number of hydrogen-bond donors (Lipinski definition) is 0.